The van der Waals surface area contributed by atoms with Crippen LogP contribution in [0.4, 0.5) is 0 Å². The number of hydrogen-bond donors (Lipinski definition) is 1. The van der Waals surface area contributed by atoms with Crippen LogP contribution in [0.2, 0.25) is 0 Å². The van der Waals surface area contributed by atoms with Gasteiger partial charge in [0.1, 0.15) is 0 Å². The van der Waals surface area contributed by atoms with Crippen molar-refractivity contribution < 1.29 is 0 Å². The number of fused-ring (bicyclic) bond motifs is 8. The van der Waals surface area contributed by atoms with Gasteiger partial charge in [0.25, 0.3) is 0 Å². The fourth-order valence-electron chi connectivity index (χ4n) is 6.35. The molecule has 2 aromatic heterocycles. The molecule has 168 valence electrons. The van der Waals surface area contributed by atoms with Gasteiger partial charge >= 0.3 is 0 Å². The number of aromatic nitrogens is 2. The van der Waals surface area contributed by atoms with Gasteiger partial charge in [0.15, 0.2) is 0 Å². The largest absolute Gasteiger partial charge is 0.354 e. The summed E-state index contributed by atoms with van der Waals surface area (Å²) in [5.74, 6) is 0. The maximum absolute atomic E-state index is 3.80. The van der Waals surface area contributed by atoms with Crippen LogP contribution in [-0.2, 0) is 10.8 Å². The van der Waals surface area contributed by atoms with Crippen molar-refractivity contribution >= 4 is 43.6 Å². The van der Waals surface area contributed by atoms with Gasteiger partial charge < -0.3 is 9.55 Å². The number of aromatic amines is 1. The monoisotopic (exact) mass is 442 g/mol. The minimum atomic E-state index is 0.183. The van der Waals surface area contributed by atoms with E-state index in [0.717, 1.165) is 0 Å². The van der Waals surface area contributed by atoms with Crippen LogP contribution in [0.1, 0.15) is 51.7 Å². The SMILES string of the molecule is CC1(C)CCC(C)(C)c2cc3c(cc21)[nH]c1ccc2c4ccccc4n(-c4ccccc4)c2c13. The Hall–Kier alpha value is -3.52. The second-order valence-electron chi connectivity index (χ2n) is 11.4. The average molecular weight is 443 g/mol. The first-order valence-corrected chi connectivity index (χ1v) is 12.4. The molecule has 0 bridgehead atoms. The standard InChI is InChI=1S/C32H30N2/c1-31(2)16-17-32(3,4)25-19-27-23(18-24(25)31)29-26(33-27)15-14-22-21-12-8-9-13-28(21)34(30(22)29)20-10-6-5-7-11-20/h5-15,18-19,33H,16-17H2,1-4H3. The summed E-state index contributed by atoms with van der Waals surface area (Å²) >= 11 is 0. The van der Waals surface area contributed by atoms with Crippen molar-refractivity contribution in [1.29, 1.82) is 0 Å². The van der Waals surface area contributed by atoms with E-state index in [-0.39, 0.29) is 10.8 Å². The van der Waals surface area contributed by atoms with Crippen molar-refractivity contribution in [3.05, 3.63) is 90.0 Å². The zero-order chi connectivity index (χ0) is 23.2. The van der Waals surface area contributed by atoms with E-state index < -0.39 is 0 Å². The van der Waals surface area contributed by atoms with Crippen molar-refractivity contribution in [2.75, 3.05) is 0 Å². The third-order valence-corrected chi connectivity index (χ3v) is 8.38. The van der Waals surface area contributed by atoms with Gasteiger partial charge in [-0.2, -0.15) is 0 Å². The molecule has 2 heterocycles. The lowest BCUT2D eigenvalue weighted by Gasteiger charge is -2.41. The maximum atomic E-state index is 3.80. The average Bonchev–Trinajstić information content (AvgIpc) is 3.37. The second-order valence-corrected chi connectivity index (χ2v) is 11.4. The van der Waals surface area contributed by atoms with Crippen LogP contribution in [0.5, 0.6) is 0 Å². The Morgan fingerprint density at radius 1 is 0.647 bits per heavy atom. The van der Waals surface area contributed by atoms with E-state index in [2.05, 4.69) is 116 Å². The summed E-state index contributed by atoms with van der Waals surface area (Å²) in [6, 6.07) is 29.1. The lowest BCUT2D eigenvalue weighted by molar-refractivity contribution is 0.332. The van der Waals surface area contributed by atoms with Crippen LogP contribution < -0.4 is 0 Å². The zero-order valence-electron chi connectivity index (χ0n) is 20.4. The molecule has 1 aliphatic carbocycles. The molecule has 6 aromatic rings. The molecule has 1 aliphatic rings. The first-order valence-electron chi connectivity index (χ1n) is 12.4. The van der Waals surface area contributed by atoms with Crippen LogP contribution in [0, 0.1) is 0 Å². The van der Waals surface area contributed by atoms with Gasteiger partial charge in [-0.05, 0) is 71.2 Å². The van der Waals surface area contributed by atoms with Gasteiger partial charge in [-0.25, -0.2) is 0 Å². The third-order valence-electron chi connectivity index (χ3n) is 8.38. The molecule has 0 spiro atoms. The first-order chi connectivity index (χ1) is 16.4. The minimum absolute atomic E-state index is 0.183. The second kappa shape index (κ2) is 6.54. The van der Waals surface area contributed by atoms with Crippen molar-refractivity contribution in [2.45, 2.75) is 51.4 Å². The molecule has 0 amide bonds. The predicted molar refractivity (Wildman–Crippen MR) is 145 cm³/mol. The van der Waals surface area contributed by atoms with Crippen LogP contribution >= 0.6 is 0 Å². The fraction of sp³-hybridized carbons (Fsp3) is 0.250. The molecule has 0 atom stereocenters. The molecule has 0 unspecified atom stereocenters. The van der Waals surface area contributed by atoms with Gasteiger partial charge in [-0.1, -0.05) is 70.2 Å². The normalized spacial score (nSPS) is 17.1. The summed E-state index contributed by atoms with van der Waals surface area (Å²) in [5.41, 5.74) is 9.60. The number of nitrogens with one attached hydrogen (secondary N) is 1. The Bertz CT molecular complexity index is 1740. The highest BCUT2D eigenvalue weighted by Crippen LogP contribution is 2.48. The van der Waals surface area contributed by atoms with E-state index in [1.807, 2.05) is 0 Å². The topological polar surface area (TPSA) is 20.7 Å². The van der Waals surface area contributed by atoms with E-state index in [9.17, 15) is 0 Å². The smallest absolute Gasteiger partial charge is 0.0641 e. The summed E-state index contributed by atoms with van der Waals surface area (Å²) < 4.78 is 2.45. The Morgan fingerprint density at radius 2 is 1.32 bits per heavy atom. The molecular weight excluding hydrogens is 412 g/mol. The quantitative estimate of drug-likeness (QED) is 0.263. The van der Waals surface area contributed by atoms with Gasteiger partial charge in [-0.3, -0.25) is 0 Å². The molecule has 0 saturated heterocycles. The summed E-state index contributed by atoms with van der Waals surface area (Å²) in [5, 5.41) is 5.28. The van der Waals surface area contributed by atoms with Gasteiger partial charge in [-0.15, -0.1) is 0 Å². The number of rotatable bonds is 1. The molecular formula is C32H30N2. The van der Waals surface area contributed by atoms with Crippen molar-refractivity contribution in [1.82, 2.24) is 9.55 Å². The Morgan fingerprint density at radius 3 is 2.09 bits per heavy atom. The van der Waals surface area contributed by atoms with Crippen LogP contribution in [-0.4, -0.2) is 9.55 Å². The molecule has 34 heavy (non-hydrogen) atoms. The molecule has 0 fully saturated rings. The van der Waals surface area contributed by atoms with E-state index >= 15 is 0 Å². The Labute approximate surface area is 200 Å². The highest BCUT2D eigenvalue weighted by atomic mass is 15.0. The fourth-order valence-corrected chi connectivity index (χ4v) is 6.35. The highest BCUT2D eigenvalue weighted by Gasteiger charge is 2.37. The van der Waals surface area contributed by atoms with Gasteiger partial charge in [0, 0.05) is 38.3 Å². The third kappa shape index (κ3) is 2.57. The molecule has 2 heteroatoms. The molecule has 1 N–H and O–H groups in total. The summed E-state index contributed by atoms with van der Waals surface area (Å²) in [6.07, 6.45) is 2.45. The molecule has 0 saturated carbocycles. The number of H-pyrrole nitrogens is 1. The van der Waals surface area contributed by atoms with Gasteiger partial charge in [0.05, 0.1) is 11.0 Å². The molecule has 0 radical (unpaired) electrons. The number of hydrogen-bond acceptors (Lipinski definition) is 0. The molecule has 7 rings (SSSR count). The summed E-state index contributed by atoms with van der Waals surface area (Å²) in [6.45, 7) is 9.64. The number of nitrogens with zero attached hydrogens (tertiary/aromatic N) is 1. The number of para-hydroxylation sites is 2. The summed E-state index contributed by atoms with van der Waals surface area (Å²) in [7, 11) is 0. The Kier molecular flexibility index (Phi) is 3.83. The lowest BCUT2D eigenvalue weighted by Crippen LogP contribution is -2.33. The van der Waals surface area contributed by atoms with Crippen LogP contribution in [0.3, 0.4) is 0 Å². The van der Waals surface area contributed by atoms with E-state index in [1.54, 1.807) is 0 Å². The molecule has 0 aliphatic heterocycles. The van der Waals surface area contributed by atoms with E-state index in [0.29, 0.717) is 0 Å². The number of benzene rings is 4. The maximum Gasteiger partial charge on any atom is 0.0641 e. The van der Waals surface area contributed by atoms with Gasteiger partial charge in [0.2, 0.25) is 0 Å². The zero-order valence-corrected chi connectivity index (χ0v) is 20.4. The molecule has 4 aromatic carbocycles. The van der Waals surface area contributed by atoms with E-state index in [1.165, 1.54) is 73.3 Å². The van der Waals surface area contributed by atoms with E-state index in [4.69, 9.17) is 0 Å². The van der Waals surface area contributed by atoms with Crippen molar-refractivity contribution in [3.8, 4) is 5.69 Å². The van der Waals surface area contributed by atoms with Crippen molar-refractivity contribution in [2.24, 2.45) is 0 Å². The Balaban J connectivity index is 1.70. The molecule has 2 nitrogen and oxygen atoms in total. The predicted octanol–water partition coefficient (Wildman–Crippen LogP) is 8.77. The minimum Gasteiger partial charge on any atom is -0.354 e. The van der Waals surface area contributed by atoms with Crippen LogP contribution in [0.25, 0.3) is 49.3 Å². The lowest BCUT2D eigenvalue weighted by atomic mass is 9.63. The first kappa shape index (κ1) is 19.9. The summed E-state index contributed by atoms with van der Waals surface area (Å²) in [4.78, 5) is 3.80. The highest BCUT2D eigenvalue weighted by molar-refractivity contribution is 6.25. The van der Waals surface area contributed by atoms with Crippen LogP contribution in [0.15, 0.2) is 78.9 Å². The van der Waals surface area contributed by atoms with Crippen molar-refractivity contribution in [3.63, 3.8) is 0 Å².